The van der Waals surface area contributed by atoms with Crippen LogP contribution in [0.1, 0.15) is 87.0 Å². The predicted molar refractivity (Wildman–Crippen MR) is 164 cm³/mol. The quantitative estimate of drug-likeness (QED) is 0.175. The molecule has 5 amide bonds. The molecule has 0 aromatic heterocycles. The highest BCUT2D eigenvalue weighted by atomic mass is 32.2. The number of rotatable bonds is 14. The maximum absolute atomic E-state index is 13.9. The number of urea groups is 1. The SMILES string of the molecule is C=CCNC(=O)C(=O)C(CC1CC1)NC(=O)[C@@H]1CCCN1C(=O)C(NC(=O)NC(CC)CS(=O)C(C)(C)C)C(C)(C)C. The second-order valence-corrected chi connectivity index (χ2v) is 15.7. The lowest BCUT2D eigenvalue weighted by molar-refractivity contribution is -0.143. The van der Waals surface area contributed by atoms with Crippen molar-refractivity contribution in [1.82, 2.24) is 26.2 Å². The van der Waals surface area contributed by atoms with Gasteiger partial charge in [-0.3, -0.25) is 23.4 Å². The van der Waals surface area contributed by atoms with E-state index >= 15 is 0 Å². The van der Waals surface area contributed by atoms with Gasteiger partial charge in [-0.05, 0) is 57.8 Å². The highest BCUT2D eigenvalue weighted by Crippen LogP contribution is 2.34. The van der Waals surface area contributed by atoms with Crippen LogP contribution in [0.3, 0.4) is 0 Å². The highest BCUT2D eigenvalue weighted by Gasteiger charge is 2.43. The summed E-state index contributed by atoms with van der Waals surface area (Å²) in [6.45, 7) is 17.0. The molecule has 4 unspecified atom stereocenters. The predicted octanol–water partition coefficient (Wildman–Crippen LogP) is 2.17. The third-order valence-corrected chi connectivity index (χ3v) is 9.69. The van der Waals surface area contributed by atoms with Gasteiger partial charge in [0, 0.05) is 40.4 Å². The summed E-state index contributed by atoms with van der Waals surface area (Å²) in [7, 11) is -1.16. The van der Waals surface area contributed by atoms with Gasteiger partial charge in [0.25, 0.3) is 5.91 Å². The molecular formula is C30H51N5O6S. The Labute approximate surface area is 253 Å². The van der Waals surface area contributed by atoms with Gasteiger partial charge in [-0.25, -0.2) is 4.79 Å². The average molecular weight is 610 g/mol. The van der Waals surface area contributed by atoms with Gasteiger partial charge < -0.3 is 26.2 Å². The Hall–Kier alpha value is -2.76. The zero-order valence-electron chi connectivity index (χ0n) is 26.3. The monoisotopic (exact) mass is 609 g/mol. The number of carbonyl (C=O) groups excluding carboxylic acids is 5. The molecule has 4 N–H and O–H groups in total. The van der Waals surface area contributed by atoms with Crippen LogP contribution in [0.5, 0.6) is 0 Å². The van der Waals surface area contributed by atoms with E-state index in [1.807, 2.05) is 48.5 Å². The number of ketones is 1. The first-order valence-corrected chi connectivity index (χ1v) is 16.3. The minimum absolute atomic E-state index is 0.141. The van der Waals surface area contributed by atoms with E-state index in [0.29, 0.717) is 38.0 Å². The van der Waals surface area contributed by atoms with Crippen LogP contribution < -0.4 is 21.3 Å². The lowest BCUT2D eigenvalue weighted by Gasteiger charge is -2.36. The molecule has 0 spiro atoms. The van der Waals surface area contributed by atoms with E-state index in [9.17, 15) is 28.2 Å². The maximum Gasteiger partial charge on any atom is 0.315 e. The fourth-order valence-electron chi connectivity index (χ4n) is 4.77. The number of hydrogen-bond acceptors (Lipinski definition) is 6. The van der Waals surface area contributed by atoms with Crippen LogP contribution in [-0.2, 0) is 30.0 Å². The molecule has 0 radical (unpaired) electrons. The van der Waals surface area contributed by atoms with E-state index < -0.39 is 68.6 Å². The molecule has 5 atom stereocenters. The summed E-state index contributed by atoms with van der Waals surface area (Å²) in [5, 5.41) is 10.9. The molecule has 11 nitrogen and oxygen atoms in total. The third kappa shape index (κ3) is 10.5. The van der Waals surface area contributed by atoms with Gasteiger partial charge in [-0.1, -0.05) is 46.6 Å². The molecule has 1 saturated carbocycles. The van der Waals surface area contributed by atoms with Gasteiger partial charge in [0.05, 0.1) is 6.04 Å². The standard InChI is InChI=1S/C30H51N5O6S/c1-9-15-31-26(38)23(36)21(17-19-13-14-19)33-25(37)22-12-11-16-35(22)27(39)24(29(3,4)5)34-28(40)32-20(10-2)18-42(41)30(6,7)8/h9,19-22,24H,1,10-18H2,2-8H3,(H,31,38)(H,33,37)(H2,32,34,40)/t20?,21?,22-,24?,42?/m0/s1. The van der Waals surface area contributed by atoms with Crippen LogP contribution in [0, 0.1) is 11.3 Å². The number of likely N-dealkylation sites (tertiary alicyclic amines) is 1. The van der Waals surface area contributed by atoms with Crippen LogP contribution in [0.15, 0.2) is 12.7 Å². The van der Waals surface area contributed by atoms with Crippen LogP contribution in [0.4, 0.5) is 4.79 Å². The Bertz CT molecular complexity index is 1050. The number of nitrogens with one attached hydrogen (secondary N) is 4. The zero-order valence-corrected chi connectivity index (χ0v) is 27.2. The Kier molecular flexibility index (Phi) is 12.7. The molecule has 2 fully saturated rings. The summed E-state index contributed by atoms with van der Waals surface area (Å²) in [6.07, 6.45) is 5.29. The van der Waals surface area contributed by atoms with Gasteiger partial charge >= 0.3 is 6.03 Å². The Balaban J connectivity index is 2.14. The van der Waals surface area contributed by atoms with Gasteiger partial charge in [0.1, 0.15) is 12.1 Å². The number of hydrogen-bond donors (Lipinski definition) is 4. The van der Waals surface area contributed by atoms with E-state index in [0.717, 1.165) is 12.8 Å². The van der Waals surface area contributed by atoms with Crippen LogP contribution in [0.25, 0.3) is 0 Å². The summed E-state index contributed by atoms with van der Waals surface area (Å²) < 4.78 is 12.2. The third-order valence-electron chi connectivity index (χ3n) is 7.62. The molecule has 1 aliphatic heterocycles. The lowest BCUT2D eigenvalue weighted by Crippen LogP contribution is -2.60. The molecule has 0 aromatic carbocycles. The molecule has 1 aliphatic carbocycles. The maximum atomic E-state index is 13.9. The molecule has 1 heterocycles. The second-order valence-electron chi connectivity index (χ2n) is 13.4. The normalized spacial score (nSPS) is 20.1. The summed E-state index contributed by atoms with van der Waals surface area (Å²) >= 11 is 0. The lowest BCUT2D eigenvalue weighted by atomic mass is 9.85. The molecule has 2 rings (SSSR count). The van der Waals surface area contributed by atoms with Crippen molar-refractivity contribution in [1.29, 1.82) is 0 Å². The van der Waals surface area contributed by atoms with E-state index in [1.165, 1.54) is 11.0 Å². The largest absolute Gasteiger partial charge is 0.346 e. The number of Topliss-reactive ketones (excluding diaryl/α,β-unsaturated/α-hetero) is 1. The van der Waals surface area contributed by atoms with E-state index in [-0.39, 0.29) is 18.5 Å². The molecule has 42 heavy (non-hydrogen) atoms. The molecule has 238 valence electrons. The minimum Gasteiger partial charge on any atom is -0.346 e. The number of amides is 5. The van der Waals surface area contributed by atoms with Gasteiger partial charge in [0.2, 0.25) is 17.6 Å². The minimum atomic E-state index is -1.16. The van der Waals surface area contributed by atoms with Gasteiger partial charge in [0.15, 0.2) is 0 Å². The Morgan fingerprint density at radius 2 is 1.64 bits per heavy atom. The molecule has 0 aromatic rings. The second kappa shape index (κ2) is 15.1. The van der Waals surface area contributed by atoms with Crippen LogP contribution in [-0.4, -0.2) is 86.4 Å². The highest BCUT2D eigenvalue weighted by molar-refractivity contribution is 7.86. The van der Waals surface area contributed by atoms with Crippen molar-refractivity contribution >= 4 is 40.3 Å². The molecule has 1 saturated heterocycles. The molecule has 2 aliphatic rings. The first kappa shape index (κ1) is 35.4. The number of nitrogens with zero attached hydrogens (tertiary/aromatic N) is 1. The Morgan fingerprint density at radius 3 is 2.17 bits per heavy atom. The summed E-state index contributed by atoms with van der Waals surface area (Å²) in [4.78, 5) is 67.0. The molecule has 0 bridgehead atoms. The fourth-order valence-corrected chi connectivity index (χ4v) is 5.95. The van der Waals surface area contributed by atoms with Crippen LogP contribution >= 0.6 is 0 Å². The fraction of sp³-hybridized carbons (Fsp3) is 0.767. The van der Waals surface area contributed by atoms with Crippen molar-refractivity contribution in [2.75, 3.05) is 18.8 Å². The molecule has 12 heteroatoms. The smallest absolute Gasteiger partial charge is 0.315 e. The van der Waals surface area contributed by atoms with E-state index in [2.05, 4.69) is 27.8 Å². The van der Waals surface area contributed by atoms with Crippen molar-refractivity contribution in [3.63, 3.8) is 0 Å². The average Bonchev–Trinajstić information content (AvgIpc) is 3.58. The van der Waals surface area contributed by atoms with Crippen molar-refractivity contribution < 1.29 is 28.2 Å². The van der Waals surface area contributed by atoms with E-state index in [4.69, 9.17) is 0 Å². The zero-order chi connectivity index (χ0) is 31.8. The van der Waals surface area contributed by atoms with Crippen molar-refractivity contribution in [2.24, 2.45) is 11.3 Å². The summed E-state index contributed by atoms with van der Waals surface area (Å²) in [5.41, 5.74) is -0.679. The first-order chi connectivity index (χ1) is 19.5. The summed E-state index contributed by atoms with van der Waals surface area (Å²) in [5.74, 6) is -1.80. The molecular weight excluding hydrogens is 558 g/mol. The van der Waals surface area contributed by atoms with Crippen LogP contribution in [0.2, 0.25) is 0 Å². The van der Waals surface area contributed by atoms with Crippen molar-refractivity contribution in [2.45, 2.75) is 116 Å². The number of carbonyl (C=O) groups is 5. The summed E-state index contributed by atoms with van der Waals surface area (Å²) in [6, 6.07) is -3.61. The van der Waals surface area contributed by atoms with E-state index in [1.54, 1.807) is 0 Å². The van der Waals surface area contributed by atoms with Crippen molar-refractivity contribution in [3.05, 3.63) is 12.7 Å². The Morgan fingerprint density at radius 1 is 1.00 bits per heavy atom. The topological polar surface area (TPSA) is 154 Å². The van der Waals surface area contributed by atoms with Gasteiger partial charge in [-0.15, -0.1) is 6.58 Å². The van der Waals surface area contributed by atoms with Crippen molar-refractivity contribution in [3.8, 4) is 0 Å². The first-order valence-electron chi connectivity index (χ1n) is 15.0. The van der Waals surface area contributed by atoms with Gasteiger partial charge in [-0.2, -0.15) is 0 Å².